The van der Waals surface area contributed by atoms with Crippen LogP contribution in [0.15, 0.2) is 46.9 Å². The molecule has 4 heteroatoms. The van der Waals surface area contributed by atoms with E-state index in [4.69, 9.17) is 16.0 Å². The van der Waals surface area contributed by atoms with Crippen LogP contribution in [0, 0.1) is 5.82 Å². The summed E-state index contributed by atoms with van der Waals surface area (Å²) < 4.78 is 18.9. The lowest BCUT2D eigenvalue weighted by Gasteiger charge is -2.08. The smallest absolute Gasteiger partial charge is 0.134 e. The van der Waals surface area contributed by atoms with Crippen molar-refractivity contribution in [3.63, 3.8) is 0 Å². The number of nitrogens with one attached hydrogen (secondary N) is 1. The number of fused-ring (bicyclic) bond motifs is 1. The van der Waals surface area contributed by atoms with Crippen LogP contribution in [0.5, 0.6) is 0 Å². The highest BCUT2D eigenvalue weighted by atomic mass is 35.5. The predicted molar refractivity (Wildman–Crippen MR) is 84.3 cm³/mol. The Morgan fingerprint density at radius 1 is 1.19 bits per heavy atom. The quantitative estimate of drug-likeness (QED) is 0.698. The second-order valence-electron chi connectivity index (χ2n) is 4.83. The lowest BCUT2D eigenvalue weighted by atomic mass is 10.1. The number of benzene rings is 2. The summed E-state index contributed by atoms with van der Waals surface area (Å²) in [6.45, 7) is 2.65. The minimum Gasteiger partial charge on any atom is -0.461 e. The van der Waals surface area contributed by atoms with Crippen molar-refractivity contribution in [2.75, 3.05) is 5.32 Å². The third kappa shape index (κ3) is 2.74. The molecule has 0 aliphatic rings. The molecule has 0 amide bonds. The highest BCUT2D eigenvalue weighted by Gasteiger charge is 2.12. The fourth-order valence-electron chi connectivity index (χ4n) is 2.45. The van der Waals surface area contributed by atoms with Gasteiger partial charge in [-0.25, -0.2) is 4.39 Å². The van der Waals surface area contributed by atoms with Crippen molar-refractivity contribution in [3.8, 4) is 0 Å². The van der Waals surface area contributed by atoms with Crippen LogP contribution in [0.4, 0.5) is 10.1 Å². The summed E-state index contributed by atoms with van der Waals surface area (Å²) in [5.74, 6) is 0.621. The molecule has 1 aromatic heterocycles. The third-order valence-electron chi connectivity index (χ3n) is 3.49. The van der Waals surface area contributed by atoms with Crippen LogP contribution < -0.4 is 5.32 Å². The Balaban J connectivity index is 1.91. The van der Waals surface area contributed by atoms with E-state index in [1.54, 1.807) is 6.07 Å². The monoisotopic (exact) mass is 303 g/mol. The number of halogens is 2. The highest BCUT2D eigenvalue weighted by molar-refractivity contribution is 6.33. The maximum Gasteiger partial charge on any atom is 0.134 e. The lowest BCUT2D eigenvalue weighted by Crippen LogP contribution is -2.01. The van der Waals surface area contributed by atoms with E-state index in [9.17, 15) is 4.39 Å². The summed E-state index contributed by atoms with van der Waals surface area (Å²) in [4.78, 5) is 0. The minimum atomic E-state index is -0.339. The molecular formula is C17H15ClFNO. The van der Waals surface area contributed by atoms with Gasteiger partial charge < -0.3 is 9.73 Å². The summed E-state index contributed by atoms with van der Waals surface area (Å²) in [6, 6.07) is 12.3. The molecule has 1 N–H and O–H groups in total. The standard InChI is InChI=1S/C17H15ClFNO/c1-2-16-13(12-5-3-4-6-17(12)21-16)10-20-15-8-7-11(19)9-14(15)18/h3-9,20H,2,10H2,1H3. The Morgan fingerprint density at radius 2 is 2.00 bits per heavy atom. The molecule has 0 radical (unpaired) electrons. The number of rotatable bonds is 4. The molecular weight excluding hydrogens is 289 g/mol. The predicted octanol–water partition coefficient (Wildman–Crippen LogP) is 5.40. The molecule has 0 bridgehead atoms. The molecule has 3 aromatic rings. The van der Waals surface area contributed by atoms with Crippen LogP contribution in [0.1, 0.15) is 18.2 Å². The average Bonchev–Trinajstić information content (AvgIpc) is 2.84. The first-order valence-electron chi connectivity index (χ1n) is 6.87. The van der Waals surface area contributed by atoms with Crippen molar-refractivity contribution in [1.29, 1.82) is 0 Å². The van der Waals surface area contributed by atoms with E-state index >= 15 is 0 Å². The van der Waals surface area contributed by atoms with Crippen LogP contribution in [0.2, 0.25) is 5.02 Å². The van der Waals surface area contributed by atoms with E-state index in [1.807, 2.05) is 24.3 Å². The zero-order valence-electron chi connectivity index (χ0n) is 11.6. The number of aryl methyl sites for hydroxylation is 1. The van der Waals surface area contributed by atoms with Crippen molar-refractivity contribution in [1.82, 2.24) is 0 Å². The molecule has 0 unspecified atom stereocenters. The number of hydrogen-bond acceptors (Lipinski definition) is 2. The molecule has 0 aliphatic heterocycles. The molecule has 3 rings (SSSR count). The maximum absolute atomic E-state index is 13.1. The average molecular weight is 304 g/mol. The van der Waals surface area contributed by atoms with Gasteiger partial charge >= 0.3 is 0 Å². The summed E-state index contributed by atoms with van der Waals surface area (Å²) in [5, 5.41) is 4.72. The highest BCUT2D eigenvalue weighted by Crippen LogP contribution is 2.28. The number of furan rings is 1. The van der Waals surface area contributed by atoms with Gasteiger partial charge in [0.15, 0.2) is 0 Å². The Morgan fingerprint density at radius 3 is 2.76 bits per heavy atom. The molecule has 0 atom stereocenters. The molecule has 0 saturated heterocycles. The number of anilines is 1. The SMILES string of the molecule is CCc1oc2ccccc2c1CNc1ccc(F)cc1Cl. The second-order valence-corrected chi connectivity index (χ2v) is 5.24. The zero-order chi connectivity index (χ0) is 14.8. The Bertz CT molecular complexity index is 782. The van der Waals surface area contributed by atoms with Gasteiger partial charge in [-0.2, -0.15) is 0 Å². The molecule has 108 valence electrons. The maximum atomic E-state index is 13.1. The van der Waals surface area contributed by atoms with Crippen LogP contribution in [-0.4, -0.2) is 0 Å². The first kappa shape index (κ1) is 14.0. The van der Waals surface area contributed by atoms with Crippen molar-refractivity contribution in [2.24, 2.45) is 0 Å². The van der Waals surface area contributed by atoms with Crippen LogP contribution in [0.3, 0.4) is 0 Å². The van der Waals surface area contributed by atoms with Crippen molar-refractivity contribution < 1.29 is 8.81 Å². The molecule has 0 spiro atoms. The summed E-state index contributed by atoms with van der Waals surface area (Å²) >= 11 is 6.04. The molecule has 0 aliphatic carbocycles. The van der Waals surface area contributed by atoms with Crippen LogP contribution >= 0.6 is 11.6 Å². The van der Waals surface area contributed by atoms with Gasteiger partial charge in [0, 0.05) is 23.9 Å². The largest absolute Gasteiger partial charge is 0.461 e. The fraction of sp³-hybridized carbons (Fsp3) is 0.176. The lowest BCUT2D eigenvalue weighted by molar-refractivity contribution is 0.551. The van der Waals surface area contributed by atoms with E-state index in [-0.39, 0.29) is 5.82 Å². The van der Waals surface area contributed by atoms with E-state index in [2.05, 4.69) is 12.2 Å². The first-order valence-corrected chi connectivity index (χ1v) is 7.25. The zero-order valence-corrected chi connectivity index (χ0v) is 12.4. The van der Waals surface area contributed by atoms with Gasteiger partial charge in [-0.1, -0.05) is 36.7 Å². The first-order chi connectivity index (χ1) is 10.2. The molecule has 1 heterocycles. The van der Waals surface area contributed by atoms with Crippen LogP contribution in [0.25, 0.3) is 11.0 Å². The molecule has 0 saturated carbocycles. The summed E-state index contributed by atoms with van der Waals surface area (Å²) in [5.41, 5.74) is 2.72. The third-order valence-corrected chi connectivity index (χ3v) is 3.80. The normalized spacial score (nSPS) is 11.0. The van der Waals surface area contributed by atoms with Crippen molar-refractivity contribution in [2.45, 2.75) is 19.9 Å². The molecule has 0 fully saturated rings. The molecule has 2 nitrogen and oxygen atoms in total. The van der Waals surface area contributed by atoms with E-state index in [0.29, 0.717) is 17.3 Å². The Labute approximate surface area is 127 Å². The van der Waals surface area contributed by atoms with Gasteiger partial charge in [-0.3, -0.25) is 0 Å². The van der Waals surface area contributed by atoms with E-state index < -0.39 is 0 Å². The van der Waals surface area contributed by atoms with E-state index in [0.717, 1.165) is 28.7 Å². The van der Waals surface area contributed by atoms with Crippen molar-refractivity contribution in [3.05, 3.63) is 64.6 Å². The Kier molecular flexibility index (Phi) is 3.84. The van der Waals surface area contributed by atoms with Gasteiger partial charge in [-0.05, 0) is 24.3 Å². The minimum absolute atomic E-state index is 0.339. The Hall–Kier alpha value is -2.00. The van der Waals surface area contributed by atoms with Gasteiger partial charge in [0.1, 0.15) is 17.2 Å². The fourth-order valence-corrected chi connectivity index (χ4v) is 2.68. The molecule has 2 aromatic carbocycles. The number of hydrogen-bond donors (Lipinski definition) is 1. The van der Waals surface area contributed by atoms with Gasteiger partial charge in [0.2, 0.25) is 0 Å². The number of para-hydroxylation sites is 1. The van der Waals surface area contributed by atoms with Gasteiger partial charge in [0.05, 0.1) is 10.7 Å². The summed E-state index contributed by atoms with van der Waals surface area (Å²) in [7, 11) is 0. The van der Waals surface area contributed by atoms with Crippen LogP contribution in [-0.2, 0) is 13.0 Å². The van der Waals surface area contributed by atoms with Crippen molar-refractivity contribution >= 4 is 28.3 Å². The van der Waals surface area contributed by atoms with Gasteiger partial charge in [-0.15, -0.1) is 0 Å². The molecule has 21 heavy (non-hydrogen) atoms. The summed E-state index contributed by atoms with van der Waals surface area (Å²) in [6.07, 6.45) is 0.822. The van der Waals surface area contributed by atoms with Gasteiger partial charge in [0.25, 0.3) is 0 Å². The van der Waals surface area contributed by atoms with E-state index in [1.165, 1.54) is 12.1 Å². The second kappa shape index (κ2) is 5.78. The topological polar surface area (TPSA) is 25.2 Å².